The minimum Gasteiger partial charge on any atom is -0.368 e. The predicted molar refractivity (Wildman–Crippen MR) is 86.0 cm³/mol. The Hall–Kier alpha value is -0.810. The standard InChI is InChI=1S/C14H16BrN3S/c1-2-11-9-18(5-6-19-11)13-3-4-16-12-7-10(15)8-17-14(12)13/h3-4,7-8,11H,2,5-6,9H2,1H3. The van der Waals surface area contributed by atoms with Gasteiger partial charge in [-0.2, -0.15) is 11.8 Å². The smallest absolute Gasteiger partial charge is 0.112 e. The van der Waals surface area contributed by atoms with Crippen molar-refractivity contribution in [3.05, 3.63) is 29.0 Å². The Morgan fingerprint density at radius 2 is 2.37 bits per heavy atom. The third-order valence-corrected chi connectivity index (χ3v) is 5.26. The van der Waals surface area contributed by atoms with Crippen molar-refractivity contribution in [1.82, 2.24) is 9.97 Å². The Labute approximate surface area is 125 Å². The van der Waals surface area contributed by atoms with Crippen LogP contribution < -0.4 is 4.90 Å². The second-order valence-electron chi connectivity index (χ2n) is 4.70. The molecule has 0 N–H and O–H groups in total. The molecule has 0 amide bonds. The zero-order valence-corrected chi connectivity index (χ0v) is 13.2. The summed E-state index contributed by atoms with van der Waals surface area (Å²) in [4.78, 5) is 11.4. The topological polar surface area (TPSA) is 29.0 Å². The van der Waals surface area contributed by atoms with Gasteiger partial charge in [-0.15, -0.1) is 0 Å². The second-order valence-corrected chi connectivity index (χ2v) is 7.02. The highest BCUT2D eigenvalue weighted by molar-refractivity contribution is 9.10. The summed E-state index contributed by atoms with van der Waals surface area (Å²) < 4.78 is 0.977. The molecule has 0 bridgehead atoms. The summed E-state index contributed by atoms with van der Waals surface area (Å²) in [5.41, 5.74) is 3.18. The molecule has 3 rings (SSSR count). The Bertz CT molecular complexity index is 590. The number of hydrogen-bond donors (Lipinski definition) is 0. The first-order valence-electron chi connectivity index (χ1n) is 6.54. The van der Waals surface area contributed by atoms with Gasteiger partial charge in [-0.05, 0) is 34.5 Å². The highest BCUT2D eigenvalue weighted by Gasteiger charge is 2.21. The Morgan fingerprint density at radius 3 is 3.21 bits per heavy atom. The van der Waals surface area contributed by atoms with Gasteiger partial charge >= 0.3 is 0 Å². The van der Waals surface area contributed by atoms with E-state index < -0.39 is 0 Å². The molecule has 3 heterocycles. The monoisotopic (exact) mass is 337 g/mol. The van der Waals surface area contributed by atoms with E-state index in [1.165, 1.54) is 17.9 Å². The van der Waals surface area contributed by atoms with E-state index in [4.69, 9.17) is 0 Å². The number of pyridine rings is 2. The molecule has 3 nitrogen and oxygen atoms in total. The van der Waals surface area contributed by atoms with Crippen molar-refractivity contribution < 1.29 is 0 Å². The third kappa shape index (κ3) is 2.72. The summed E-state index contributed by atoms with van der Waals surface area (Å²) in [7, 11) is 0. The summed E-state index contributed by atoms with van der Waals surface area (Å²) >= 11 is 5.54. The van der Waals surface area contributed by atoms with Crippen LogP contribution in [0.25, 0.3) is 11.0 Å². The molecule has 2 aromatic heterocycles. The van der Waals surface area contributed by atoms with Gasteiger partial charge in [0.1, 0.15) is 5.52 Å². The first-order chi connectivity index (χ1) is 9.28. The van der Waals surface area contributed by atoms with Gasteiger partial charge in [-0.1, -0.05) is 6.92 Å². The Balaban J connectivity index is 2.00. The molecule has 5 heteroatoms. The van der Waals surface area contributed by atoms with Crippen LogP contribution in [-0.2, 0) is 0 Å². The molecule has 0 radical (unpaired) electrons. The van der Waals surface area contributed by atoms with Gasteiger partial charge in [0, 0.05) is 41.0 Å². The van der Waals surface area contributed by atoms with Crippen molar-refractivity contribution in [2.24, 2.45) is 0 Å². The van der Waals surface area contributed by atoms with E-state index in [-0.39, 0.29) is 0 Å². The van der Waals surface area contributed by atoms with Crippen LogP contribution in [0.5, 0.6) is 0 Å². The summed E-state index contributed by atoms with van der Waals surface area (Å²) in [5.74, 6) is 1.19. The minimum atomic E-state index is 0.729. The van der Waals surface area contributed by atoms with Gasteiger partial charge in [0.25, 0.3) is 0 Å². The van der Waals surface area contributed by atoms with E-state index in [0.717, 1.165) is 33.8 Å². The fourth-order valence-corrected chi connectivity index (χ4v) is 3.93. The quantitative estimate of drug-likeness (QED) is 0.834. The molecule has 0 spiro atoms. The van der Waals surface area contributed by atoms with Crippen molar-refractivity contribution >= 4 is 44.4 Å². The number of aromatic nitrogens is 2. The molecule has 2 aromatic rings. The fraction of sp³-hybridized carbons (Fsp3) is 0.429. The molecule has 1 fully saturated rings. The zero-order valence-electron chi connectivity index (χ0n) is 10.8. The van der Waals surface area contributed by atoms with Crippen LogP contribution >= 0.6 is 27.7 Å². The first kappa shape index (κ1) is 13.2. The molecule has 1 atom stereocenters. The first-order valence-corrected chi connectivity index (χ1v) is 8.39. The van der Waals surface area contributed by atoms with Crippen molar-refractivity contribution in [2.45, 2.75) is 18.6 Å². The predicted octanol–water partition coefficient (Wildman–Crippen LogP) is 3.72. The van der Waals surface area contributed by atoms with E-state index in [2.05, 4.69) is 55.5 Å². The lowest BCUT2D eigenvalue weighted by Crippen LogP contribution is -2.37. The number of thioether (sulfide) groups is 1. The van der Waals surface area contributed by atoms with Gasteiger partial charge in [0.2, 0.25) is 0 Å². The number of hydrogen-bond acceptors (Lipinski definition) is 4. The van der Waals surface area contributed by atoms with Crippen molar-refractivity contribution in [2.75, 3.05) is 23.7 Å². The third-order valence-electron chi connectivity index (χ3n) is 3.46. The molecule has 0 aliphatic carbocycles. The highest BCUT2D eigenvalue weighted by atomic mass is 79.9. The average Bonchev–Trinajstić information content (AvgIpc) is 2.46. The lowest BCUT2D eigenvalue weighted by molar-refractivity contribution is 0.729. The molecule has 1 unspecified atom stereocenters. The lowest BCUT2D eigenvalue weighted by Gasteiger charge is -2.33. The minimum absolute atomic E-state index is 0.729. The lowest BCUT2D eigenvalue weighted by atomic mass is 10.2. The van der Waals surface area contributed by atoms with Crippen LogP contribution in [0.15, 0.2) is 29.0 Å². The molecule has 0 saturated carbocycles. The molecule has 19 heavy (non-hydrogen) atoms. The van der Waals surface area contributed by atoms with Crippen LogP contribution in [-0.4, -0.2) is 34.1 Å². The normalized spacial score (nSPS) is 19.9. The maximum Gasteiger partial charge on any atom is 0.112 e. The highest BCUT2D eigenvalue weighted by Crippen LogP contribution is 2.30. The van der Waals surface area contributed by atoms with Crippen molar-refractivity contribution in [3.63, 3.8) is 0 Å². The van der Waals surface area contributed by atoms with E-state index in [9.17, 15) is 0 Å². The van der Waals surface area contributed by atoms with Crippen LogP contribution in [0.2, 0.25) is 0 Å². The maximum atomic E-state index is 4.55. The van der Waals surface area contributed by atoms with E-state index >= 15 is 0 Å². The van der Waals surface area contributed by atoms with Crippen LogP contribution in [0, 0.1) is 0 Å². The SMILES string of the molecule is CCC1CN(c2ccnc3cc(Br)cnc23)CCS1. The van der Waals surface area contributed by atoms with E-state index in [1.807, 2.05) is 18.5 Å². The van der Waals surface area contributed by atoms with Crippen LogP contribution in [0.3, 0.4) is 0 Å². The Kier molecular flexibility index (Phi) is 3.93. The average molecular weight is 338 g/mol. The fourth-order valence-electron chi connectivity index (χ4n) is 2.43. The maximum absolute atomic E-state index is 4.55. The molecular formula is C14H16BrN3S. The summed E-state index contributed by atoms with van der Waals surface area (Å²) in [6, 6.07) is 4.12. The summed E-state index contributed by atoms with van der Waals surface area (Å²) in [6.45, 7) is 4.47. The number of rotatable bonds is 2. The molecule has 1 saturated heterocycles. The van der Waals surface area contributed by atoms with Crippen molar-refractivity contribution in [1.29, 1.82) is 0 Å². The largest absolute Gasteiger partial charge is 0.368 e. The summed E-state index contributed by atoms with van der Waals surface area (Å²) in [5, 5.41) is 0.729. The number of nitrogens with zero attached hydrogens (tertiary/aromatic N) is 3. The second kappa shape index (κ2) is 5.67. The van der Waals surface area contributed by atoms with E-state index in [0.29, 0.717) is 0 Å². The number of fused-ring (bicyclic) bond motifs is 1. The number of anilines is 1. The Morgan fingerprint density at radius 1 is 1.47 bits per heavy atom. The van der Waals surface area contributed by atoms with Gasteiger partial charge < -0.3 is 4.90 Å². The molecule has 1 aliphatic heterocycles. The molecule has 0 aromatic carbocycles. The van der Waals surface area contributed by atoms with Gasteiger partial charge in [-0.3, -0.25) is 9.97 Å². The molecular weight excluding hydrogens is 322 g/mol. The van der Waals surface area contributed by atoms with Gasteiger partial charge in [0.05, 0.1) is 11.2 Å². The van der Waals surface area contributed by atoms with E-state index in [1.54, 1.807) is 0 Å². The molecule has 100 valence electrons. The van der Waals surface area contributed by atoms with Crippen LogP contribution in [0.1, 0.15) is 13.3 Å². The summed E-state index contributed by atoms with van der Waals surface area (Å²) in [6.07, 6.45) is 4.96. The number of halogens is 1. The van der Waals surface area contributed by atoms with Crippen LogP contribution in [0.4, 0.5) is 5.69 Å². The van der Waals surface area contributed by atoms with Gasteiger partial charge in [-0.25, -0.2) is 0 Å². The van der Waals surface area contributed by atoms with Crippen molar-refractivity contribution in [3.8, 4) is 0 Å². The zero-order chi connectivity index (χ0) is 13.2. The van der Waals surface area contributed by atoms with Gasteiger partial charge in [0.15, 0.2) is 0 Å². The molecule has 1 aliphatic rings.